The lowest BCUT2D eigenvalue weighted by molar-refractivity contribution is -0.332. The summed E-state index contributed by atoms with van der Waals surface area (Å²) in [6.07, 6.45) is -6.82. The molecule has 0 heterocycles. The van der Waals surface area contributed by atoms with Crippen LogP contribution in [0.2, 0.25) is 0 Å². The zero-order valence-electron chi connectivity index (χ0n) is 11.9. The van der Waals surface area contributed by atoms with E-state index in [1.165, 1.54) is 6.92 Å². The fourth-order valence-electron chi connectivity index (χ4n) is 1.70. The Morgan fingerprint density at radius 2 is 1.64 bits per heavy atom. The molecule has 1 atom stereocenters. The zero-order valence-corrected chi connectivity index (χ0v) is 16.6. The Kier molecular flexibility index (Phi) is 6.58. The van der Waals surface area contributed by atoms with Crippen LogP contribution in [0.4, 0.5) is 30.7 Å². The minimum atomic E-state index is -6.82. The van der Waals surface area contributed by atoms with Gasteiger partial charge in [-0.25, -0.2) is 8.42 Å². The fraction of sp³-hybridized carbons (Fsp3) is 0.500. The third-order valence-electron chi connectivity index (χ3n) is 3.01. The molecule has 1 aromatic carbocycles. The quantitative estimate of drug-likeness (QED) is 0.324. The summed E-state index contributed by atoms with van der Waals surface area (Å²) >= 11 is 11.3. The molecule has 1 aromatic rings. The highest BCUT2D eigenvalue weighted by molar-refractivity contribution is 9.11. The molecule has 0 aromatic heterocycles. The van der Waals surface area contributed by atoms with Crippen molar-refractivity contribution in [2.24, 2.45) is 0 Å². The molecule has 0 aliphatic heterocycles. The van der Waals surface area contributed by atoms with Crippen molar-refractivity contribution >= 4 is 53.3 Å². The summed E-state index contributed by atoms with van der Waals surface area (Å²) in [5.74, 6) is -6.82. The second kappa shape index (κ2) is 7.16. The number of hydrogen-bond acceptors (Lipinski definition) is 2. The highest BCUT2D eigenvalue weighted by atomic mass is 79.9. The van der Waals surface area contributed by atoms with E-state index in [2.05, 4.69) is 37.9 Å². The molecule has 1 radical (unpaired) electrons. The van der Waals surface area contributed by atoms with Gasteiger partial charge in [0, 0.05) is 20.6 Å². The fourth-order valence-corrected chi connectivity index (χ4v) is 5.34. The van der Waals surface area contributed by atoms with E-state index in [-0.39, 0.29) is 15.4 Å². The SMILES string of the molecule is CCC(Cl)c1c(Br)[c]c(Br)cc1S(=O)(=O)C(F)(F)C(F)(F)C(F)(F)F. The number of alkyl halides is 8. The van der Waals surface area contributed by atoms with E-state index >= 15 is 0 Å². The van der Waals surface area contributed by atoms with Crippen molar-refractivity contribution in [1.82, 2.24) is 0 Å². The maximum Gasteiger partial charge on any atom is 0.461 e. The topological polar surface area (TPSA) is 34.1 Å². The summed E-state index contributed by atoms with van der Waals surface area (Å²) in [5, 5.41) is -7.73. The second-order valence-electron chi connectivity index (χ2n) is 4.68. The summed E-state index contributed by atoms with van der Waals surface area (Å²) in [4.78, 5) is -1.46. The molecule has 143 valence electrons. The average molecular weight is 544 g/mol. The number of rotatable bonds is 5. The van der Waals surface area contributed by atoms with E-state index in [0.717, 1.165) is 0 Å². The molecule has 13 heteroatoms. The first-order chi connectivity index (χ1) is 11.0. The van der Waals surface area contributed by atoms with Gasteiger partial charge in [0.15, 0.2) is 0 Å². The van der Waals surface area contributed by atoms with E-state index in [9.17, 15) is 39.2 Å². The Balaban J connectivity index is 3.81. The van der Waals surface area contributed by atoms with Crippen LogP contribution >= 0.6 is 43.5 Å². The first kappa shape index (κ1) is 23.0. The third kappa shape index (κ3) is 3.81. The van der Waals surface area contributed by atoms with Crippen molar-refractivity contribution in [1.29, 1.82) is 0 Å². The summed E-state index contributed by atoms with van der Waals surface area (Å²) in [6, 6.07) is 2.86. The van der Waals surface area contributed by atoms with Crippen molar-refractivity contribution in [2.75, 3.05) is 0 Å². The smallest absolute Gasteiger partial charge is 0.217 e. The number of benzene rings is 1. The van der Waals surface area contributed by atoms with Crippen molar-refractivity contribution in [3.05, 3.63) is 26.6 Å². The van der Waals surface area contributed by atoms with Crippen molar-refractivity contribution in [3.8, 4) is 0 Å². The molecule has 0 spiro atoms. The van der Waals surface area contributed by atoms with Gasteiger partial charge >= 0.3 is 17.4 Å². The van der Waals surface area contributed by atoms with Gasteiger partial charge in [0.05, 0.1) is 10.3 Å². The predicted octanol–water partition coefficient (Wildman–Crippen LogP) is 6.27. The number of halogens is 10. The standard InChI is InChI=1S/C12H7Br2ClF7O2S/c1-2-7(15)9-6(14)3-5(13)4-8(9)25(23,24)12(21,22)10(16,17)11(18,19)20/h4,7H,2H2,1H3. The number of hydrogen-bond donors (Lipinski definition) is 0. The van der Waals surface area contributed by atoms with Crippen LogP contribution in [0, 0.1) is 6.07 Å². The first-order valence-corrected chi connectivity index (χ1v) is 9.65. The highest BCUT2D eigenvalue weighted by Gasteiger charge is 2.78. The Labute approximate surface area is 159 Å². The number of sulfone groups is 1. The predicted molar refractivity (Wildman–Crippen MR) is 82.7 cm³/mol. The average Bonchev–Trinajstić information content (AvgIpc) is 2.44. The molecular weight excluding hydrogens is 536 g/mol. The molecular formula is C12H7Br2ClF7O2S. The van der Waals surface area contributed by atoms with Crippen LogP contribution in [0.25, 0.3) is 0 Å². The van der Waals surface area contributed by atoms with Gasteiger partial charge in [0.25, 0.3) is 9.84 Å². The van der Waals surface area contributed by atoms with Gasteiger partial charge < -0.3 is 0 Å². The van der Waals surface area contributed by atoms with Gasteiger partial charge in [0.1, 0.15) is 0 Å². The lowest BCUT2D eigenvalue weighted by atomic mass is 10.1. The van der Waals surface area contributed by atoms with Crippen LogP contribution in [0.15, 0.2) is 19.9 Å². The van der Waals surface area contributed by atoms with Crippen LogP contribution < -0.4 is 0 Å². The normalized spacial score (nSPS) is 15.3. The highest BCUT2D eigenvalue weighted by Crippen LogP contribution is 2.52. The van der Waals surface area contributed by atoms with E-state index in [1.807, 2.05) is 0 Å². The molecule has 1 unspecified atom stereocenters. The van der Waals surface area contributed by atoms with Crippen molar-refractivity contribution < 1.29 is 39.2 Å². The molecule has 0 saturated heterocycles. The van der Waals surface area contributed by atoms with Crippen LogP contribution in [-0.2, 0) is 9.84 Å². The third-order valence-corrected chi connectivity index (χ3v) is 6.44. The summed E-state index contributed by atoms with van der Waals surface area (Å²) in [6.45, 7) is 1.42. The van der Waals surface area contributed by atoms with Gasteiger partial charge in [-0.05, 0) is 28.4 Å². The molecule has 0 aliphatic rings. The van der Waals surface area contributed by atoms with Crippen LogP contribution in [0.5, 0.6) is 0 Å². The monoisotopic (exact) mass is 541 g/mol. The van der Waals surface area contributed by atoms with Gasteiger partial charge in [-0.1, -0.05) is 22.9 Å². The zero-order chi connectivity index (χ0) is 20.0. The lowest BCUT2D eigenvalue weighted by Crippen LogP contribution is -2.56. The summed E-state index contributed by atoms with van der Waals surface area (Å²) in [5.41, 5.74) is -0.593. The molecule has 2 nitrogen and oxygen atoms in total. The Hall–Kier alpha value is -0.0700. The van der Waals surface area contributed by atoms with Gasteiger partial charge in [0.2, 0.25) is 0 Å². The van der Waals surface area contributed by atoms with Crippen molar-refractivity contribution in [3.63, 3.8) is 0 Å². The Morgan fingerprint density at radius 1 is 1.16 bits per heavy atom. The Morgan fingerprint density at radius 3 is 2.04 bits per heavy atom. The largest absolute Gasteiger partial charge is 0.461 e. The van der Waals surface area contributed by atoms with Crippen LogP contribution in [0.3, 0.4) is 0 Å². The van der Waals surface area contributed by atoms with E-state index in [0.29, 0.717) is 6.07 Å². The Bertz CT molecular complexity index is 765. The van der Waals surface area contributed by atoms with E-state index in [4.69, 9.17) is 11.6 Å². The van der Waals surface area contributed by atoms with Crippen LogP contribution in [0.1, 0.15) is 24.3 Å². The van der Waals surface area contributed by atoms with Gasteiger partial charge in [-0.15, -0.1) is 11.6 Å². The molecule has 0 fully saturated rings. The summed E-state index contributed by atoms with van der Waals surface area (Å²) < 4.78 is 115. The minimum absolute atomic E-state index is 0.0284. The lowest BCUT2D eigenvalue weighted by Gasteiger charge is -2.29. The van der Waals surface area contributed by atoms with Crippen LogP contribution in [-0.4, -0.2) is 25.8 Å². The van der Waals surface area contributed by atoms with Gasteiger partial charge in [-0.3, -0.25) is 0 Å². The maximum atomic E-state index is 13.8. The molecule has 0 amide bonds. The van der Waals surface area contributed by atoms with E-state index < -0.39 is 43.0 Å². The second-order valence-corrected chi connectivity index (χ2v) is 8.81. The molecule has 0 bridgehead atoms. The molecule has 0 aliphatic carbocycles. The van der Waals surface area contributed by atoms with Crippen molar-refractivity contribution in [2.45, 2.75) is 41.0 Å². The van der Waals surface area contributed by atoms with E-state index in [1.54, 1.807) is 0 Å². The molecule has 25 heavy (non-hydrogen) atoms. The first-order valence-electron chi connectivity index (χ1n) is 6.14. The summed E-state index contributed by atoms with van der Waals surface area (Å²) in [7, 11) is -6.48. The minimum Gasteiger partial charge on any atom is -0.217 e. The van der Waals surface area contributed by atoms with Gasteiger partial charge in [-0.2, -0.15) is 30.7 Å². The molecule has 1 rings (SSSR count). The molecule has 0 saturated carbocycles. The maximum absolute atomic E-state index is 13.8. The molecule has 0 N–H and O–H groups in total.